The van der Waals surface area contributed by atoms with Crippen LogP contribution in [0.1, 0.15) is 120 Å². The van der Waals surface area contributed by atoms with Gasteiger partial charge in [0.2, 0.25) is 6.29 Å². The number of ether oxygens (including phenoxy) is 6. The topological polar surface area (TPSA) is 292 Å². The maximum absolute atomic E-state index is 14.7. The van der Waals surface area contributed by atoms with E-state index in [1.165, 1.54) is 12.5 Å². The van der Waals surface area contributed by atoms with Crippen molar-refractivity contribution in [3.05, 3.63) is 11.6 Å². The first-order valence-corrected chi connectivity index (χ1v) is 24.2. The number of carbonyl (C=O) groups is 2. The Morgan fingerprint density at radius 2 is 1.32 bits per heavy atom. The number of aliphatic hydroxyl groups excluding tert-OH is 9. The first kappa shape index (κ1) is 50.5. The zero-order valence-electron chi connectivity index (χ0n) is 39.6. The fraction of sp³-hybridized carbons (Fsp3) is 0.917. The number of carboxylic acids is 1. The summed E-state index contributed by atoms with van der Waals surface area (Å²) >= 11 is 0. The monoisotopic (exact) mass is 941 g/mol. The van der Waals surface area contributed by atoms with Crippen LogP contribution in [0.5, 0.6) is 0 Å². The van der Waals surface area contributed by atoms with Crippen LogP contribution in [-0.2, 0) is 38.0 Å². The first-order valence-electron chi connectivity index (χ1n) is 24.2. The van der Waals surface area contributed by atoms with Crippen molar-refractivity contribution in [2.45, 2.75) is 218 Å². The predicted octanol–water partition coefficient (Wildman–Crippen LogP) is 1.26. The molecule has 5 aliphatic carbocycles. The van der Waals surface area contributed by atoms with Gasteiger partial charge in [-0.15, -0.1) is 0 Å². The van der Waals surface area contributed by atoms with Crippen molar-refractivity contribution in [2.75, 3.05) is 6.61 Å². The van der Waals surface area contributed by atoms with E-state index in [2.05, 4.69) is 54.5 Å². The second kappa shape index (κ2) is 17.5. The number of rotatable bonds is 8. The van der Waals surface area contributed by atoms with Gasteiger partial charge in [-0.3, -0.25) is 4.79 Å². The molecule has 3 aliphatic heterocycles. The van der Waals surface area contributed by atoms with Gasteiger partial charge in [-0.25, -0.2) is 4.79 Å². The molecule has 0 amide bonds. The van der Waals surface area contributed by atoms with Crippen molar-refractivity contribution in [1.82, 2.24) is 0 Å². The summed E-state index contributed by atoms with van der Waals surface area (Å²) in [6, 6.07) is 0. The van der Waals surface area contributed by atoms with Crippen molar-refractivity contribution in [3.63, 3.8) is 0 Å². The van der Waals surface area contributed by atoms with Gasteiger partial charge in [0.05, 0.1) is 24.2 Å². The summed E-state index contributed by atoms with van der Waals surface area (Å²) in [6.07, 6.45) is -14.8. The predicted molar refractivity (Wildman–Crippen MR) is 229 cm³/mol. The first-order chi connectivity index (χ1) is 30.7. The van der Waals surface area contributed by atoms with Crippen LogP contribution in [0, 0.1) is 50.2 Å². The molecule has 8 rings (SSSR count). The van der Waals surface area contributed by atoms with E-state index in [4.69, 9.17) is 28.4 Å². The van der Waals surface area contributed by atoms with E-state index in [1.54, 1.807) is 0 Å². The number of fused-ring (bicyclic) bond motifs is 7. The van der Waals surface area contributed by atoms with Crippen LogP contribution < -0.4 is 0 Å². The van der Waals surface area contributed by atoms with E-state index in [-0.39, 0.29) is 39.4 Å². The summed E-state index contributed by atoms with van der Waals surface area (Å²) in [5.74, 6) is -1.81. The highest BCUT2D eigenvalue weighted by Gasteiger charge is 2.70. The van der Waals surface area contributed by atoms with Crippen LogP contribution in [0.2, 0.25) is 0 Å². The molecule has 7 fully saturated rings. The van der Waals surface area contributed by atoms with Crippen LogP contribution in [0.15, 0.2) is 11.6 Å². The van der Waals surface area contributed by atoms with Gasteiger partial charge in [-0.1, -0.05) is 60.1 Å². The Morgan fingerprint density at radius 3 is 1.98 bits per heavy atom. The van der Waals surface area contributed by atoms with E-state index < -0.39 is 128 Å². The molecule has 0 unspecified atom stereocenters. The van der Waals surface area contributed by atoms with Gasteiger partial charge in [0.25, 0.3) is 0 Å². The van der Waals surface area contributed by atoms with Gasteiger partial charge in [0.1, 0.15) is 61.0 Å². The molecule has 0 radical (unpaired) electrons. The summed E-state index contributed by atoms with van der Waals surface area (Å²) in [5, 5.41) is 106. The van der Waals surface area contributed by atoms with Gasteiger partial charge in [0.15, 0.2) is 18.7 Å². The quantitative estimate of drug-likeness (QED) is 0.0931. The molecule has 4 saturated carbocycles. The van der Waals surface area contributed by atoms with Crippen LogP contribution in [-0.4, -0.2) is 168 Å². The highest BCUT2D eigenvalue weighted by molar-refractivity contribution is 5.79. The van der Waals surface area contributed by atoms with Gasteiger partial charge in [-0.05, 0) is 116 Å². The van der Waals surface area contributed by atoms with Crippen molar-refractivity contribution < 1.29 is 89.1 Å². The normalized spacial score (nSPS) is 53.2. The number of allylic oxidation sites excluding steroid dienone is 2. The maximum atomic E-state index is 14.7. The Balaban J connectivity index is 1.03. The number of carbonyl (C=O) groups excluding carboxylic acids is 1. The van der Waals surface area contributed by atoms with Crippen LogP contribution in [0.4, 0.5) is 0 Å². The number of aliphatic hydroxyl groups is 9. The Morgan fingerprint density at radius 1 is 0.682 bits per heavy atom. The van der Waals surface area contributed by atoms with Gasteiger partial charge in [-0.2, -0.15) is 0 Å². The molecule has 0 aromatic carbocycles. The molecule has 18 heteroatoms. The fourth-order valence-electron chi connectivity index (χ4n) is 15.0. The average Bonchev–Trinajstić information content (AvgIpc) is 3.25. The summed E-state index contributed by atoms with van der Waals surface area (Å²) in [4.78, 5) is 27.1. The SMILES string of the molecule is C[C@@H]1O[C@H](O[C@@H]2[C@@H](O)[C@H](O[C@H]3CC[C@@]4(C)[C@H](CC[C@]5(C)[C@H]4CC=C4[C@@H]6CC(C)(C)CC[C@]6(C(=O)O[C@@H]6O[C@H](CO)[C@@H](O)[C@H](O)[C@H]6O)CC[C@]45C)C3(C)C)O[C@H](C(=O)O)[C@H]2O)[C@H](O)[C@H](O)[C@H]1O. The Bertz CT molecular complexity index is 1860. The molecule has 8 aliphatic rings. The Labute approximate surface area is 386 Å². The highest BCUT2D eigenvalue weighted by atomic mass is 16.7. The second-order valence-electron chi connectivity index (χ2n) is 23.5. The number of hydrogen-bond acceptors (Lipinski definition) is 17. The van der Waals surface area contributed by atoms with Gasteiger partial charge < -0.3 is 79.5 Å². The van der Waals surface area contributed by atoms with E-state index in [1.807, 2.05) is 0 Å². The van der Waals surface area contributed by atoms with Crippen molar-refractivity contribution in [2.24, 2.45) is 50.2 Å². The lowest BCUT2D eigenvalue weighted by atomic mass is 9.33. The minimum atomic E-state index is -1.91. The Hall–Kier alpha value is -1.88. The molecule has 0 aromatic rings. The summed E-state index contributed by atoms with van der Waals surface area (Å²) < 4.78 is 35.4. The number of hydrogen-bond donors (Lipinski definition) is 10. The van der Waals surface area contributed by atoms with Gasteiger partial charge >= 0.3 is 11.9 Å². The zero-order valence-corrected chi connectivity index (χ0v) is 39.6. The van der Waals surface area contributed by atoms with E-state index >= 15 is 0 Å². The summed E-state index contributed by atoms with van der Waals surface area (Å²) in [6.45, 7) is 16.7. The average molecular weight is 941 g/mol. The third-order valence-electron chi connectivity index (χ3n) is 19.2. The molecule has 23 atom stereocenters. The van der Waals surface area contributed by atoms with Crippen LogP contribution >= 0.6 is 0 Å². The fourth-order valence-corrected chi connectivity index (χ4v) is 15.0. The zero-order chi connectivity index (χ0) is 48.4. The molecule has 3 saturated heterocycles. The smallest absolute Gasteiger partial charge is 0.335 e. The van der Waals surface area contributed by atoms with Gasteiger partial charge in [0, 0.05) is 0 Å². The molecular weight excluding hydrogens is 865 g/mol. The van der Waals surface area contributed by atoms with Crippen molar-refractivity contribution in [1.29, 1.82) is 0 Å². The molecule has 0 bridgehead atoms. The molecule has 0 aromatic heterocycles. The van der Waals surface area contributed by atoms with E-state index in [0.717, 1.165) is 44.9 Å². The minimum absolute atomic E-state index is 0.0691. The largest absolute Gasteiger partial charge is 0.479 e. The second-order valence-corrected chi connectivity index (χ2v) is 23.5. The summed E-state index contributed by atoms with van der Waals surface area (Å²) in [7, 11) is 0. The van der Waals surface area contributed by atoms with Crippen LogP contribution in [0.3, 0.4) is 0 Å². The van der Waals surface area contributed by atoms with E-state index in [9.17, 15) is 60.7 Å². The maximum Gasteiger partial charge on any atom is 0.335 e. The Kier molecular flexibility index (Phi) is 13.4. The molecule has 10 N–H and O–H groups in total. The standard InChI is InChI=1S/C48H76O18/c1-21-28(50)30(52)32(54)39(61-21)64-36-34(56)37(38(58)59)65-41(35(36)57)63-27-12-13-45(6)25(44(27,4)5)11-14-47(8)26(45)10-9-22-23-19-43(2,3)15-17-48(23,18-16-46(22,47)7)42(60)66-40-33(55)31(53)29(51)24(20-49)62-40/h9,21,23-37,39-41,49-57H,10-20H2,1-8H3,(H,58,59)/t21-,23-,24+,25+,26-,27-,28-,29+,30+,31-,32+,33+,34-,35+,36-,37-,39+,40-,41+,45-,46+,47+,48-/m0/s1. The molecule has 3 heterocycles. The lowest BCUT2D eigenvalue weighted by molar-refractivity contribution is -0.363. The molecule has 18 nitrogen and oxygen atoms in total. The summed E-state index contributed by atoms with van der Waals surface area (Å²) in [5.41, 5.74) is -0.862. The molecule has 376 valence electrons. The highest BCUT2D eigenvalue weighted by Crippen LogP contribution is 2.76. The van der Waals surface area contributed by atoms with E-state index in [0.29, 0.717) is 19.3 Å². The number of esters is 1. The molecular formula is C48H76O18. The molecule has 0 spiro atoms. The lowest BCUT2D eigenvalue weighted by Gasteiger charge is -2.71. The van der Waals surface area contributed by atoms with Crippen molar-refractivity contribution in [3.8, 4) is 0 Å². The third kappa shape index (κ3) is 7.74. The third-order valence-corrected chi connectivity index (χ3v) is 19.2. The van der Waals surface area contributed by atoms with Crippen molar-refractivity contribution >= 4 is 11.9 Å². The number of aliphatic carboxylic acids is 1. The number of carboxylic acid groups (broad SMARTS) is 1. The lowest BCUT2D eigenvalue weighted by Crippen LogP contribution is -2.67. The van der Waals surface area contributed by atoms with Crippen LogP contribution in [0.25, 0.3) is 0 Å². The minimum Gasteiger partial charge on any atom is -0.479 e. The molecule has 66 heavy (non-hydrogen) atoms.